The molecule has 1 aromatic rings. The average Bonchev–Trinajstić information content (AvgIpc) is 2.94. The van der Waals surface area contributed by atoms with E-state index in [2.05, 4.69) is 23.5 Å². The molecule has 3 rings (SSSR count). The van der Waals surface area contributed by atoms with E-state index in [0.29, 0.717) is 18.4 Å². The second kappa shape index (κ2) is 4.52. The molecule has 0 spiro atoms. The smallest absolute Gasteiger partial charge is 0.312 e. The highest BCUT2D eigenvalue weighted by atomic mass is 16.5. The van der Waals surface area contributed by atoms with Crippen molar-refractivity contribution < 1.29 is 9.53 Å². The van der Waals surface area contributed by atoms with E-state index in [0.717, 1.165) is 25.2 Å². The van der Waals surface area contributed by atoms with Crippen LogP contribution in [0.5, 0.6) is 5.75 Å². The van der Waals surface area contributed by atoms with Crippen molar-refractivity contribution in [3.05, 3.63) is 29.3 Å². The maximum absolute atomic E-state index is 10.6. The first-order valence-electron chi connectivity index (χ1n) is 6.53. The molecule has 2 aliphatic rings. The molecule has 0 saturated heterocycles. The van der Waals surface area contributed by atoms with Crippen LogP contribution in [0, 0.1) is 5.92 Å². The van der Waals surface area contributed by atoms with Gasteiger partial charge in [-0.25, -0.2) is 4.79 Å². The van der Waals surface area contributed by atoms with Crippen molar-refractivity contribution in [2.75, 3.05) is 13.2 Å². The molecular weight excluding hydrogens is 228 g/mol. The Bertz CT molecular complexity index is 473. The van der Waals surface area contributed by atoms with Crippen LogP contribution in [0.15, 0.2) is 18.2 Å². The fourth-order valence-electron chi connectivity index (χ4n) is 2.92. The lowest BCUT2D eigenvalue weighted by Gasteiger charge is -2.06. The number of carbonyl (C=O) groups is 1. The maximum Gasteiger partial charge on any atom is 0.312 e. The van der Waals surface area contributed by atoms with E-state index < -0.39 is 6.03 Å². The highest BCUT2D eigenvalue weighted by molar-refractivity contribution is 5.71. The van der Waals surface area contributed by atoms with Gasteiger partial charge in [0.1, 0.15) is 5.75 Å². The number of primary amides is 1. The molecule has 1 aliphatic carbocycles. The molecule has 1 aromatic carbocycles. The van der Waals surface area contributed by atoms with Gasteiger partial charge in [-0.3, -0.25) is 0 Å². The van der Waals surface area contributed by atoms with Gasteiger partial charge in [-0.2, -0.15) is 0 Å². The van der Waals surface area contributed by atoms with Gasteiger partial charge in [0.15, 0.2) is 0 Å². The lowest BCUT2D eigenvalue weighted by atomic mass is 9.99. The molecule has 2 atom stereocenters. The Balaban J connectivity index is 1.61. The predicted octanol–water partition coefficient (Wildman–Crippen LogP) is 1.78. The highest BCUT2D eigenvalue weighted by Gasteiger charge is 2.39. The summed E-state index contributed by atoms with van der Waals surface area (Å²) in [5, 5.41) is 2.66. The zero-order valence-electron chi connectivity index (χ0n) is 10.3. The minimum atomic E-state index is -0.429. The Morgan fingerprint density at radius 2 is 2.39 bits per heavy atom. The van der Waals surface area contributed by atoms with Crippen molar-refractivity contribution in [3.8, 4) is 5.75 Å². The van der Waals surface area contributed by atoms with Crippen LogP contribution in [-0.2, 0) is 6.42 Å². The van der Waals surface area contributed by atoms with E-state index in [1.54, 1.807) is 0 Å². The van der Waals surface area contributed by atoms with Gasteiger partial charge in [-0.1, -0.05) is 12.1 Å². The average molecular weight is 246 g/mol. The van der Waals surface area contributed by atoms with E-state index >= 15 is 0 Å². The molecular formula is C14H18N2O2. The van der Waals surface area contributed by atoms with Crippen LogP contribution in [0.2, 0.25) is 0 Å². The molecule has 4 heteroatoms. The number of carbonyl (C=O) groups excluding carboxylic acids is 1. The Labute approximate surface area is 107 Å². The second-order valence-electron chi connectivity index (χ2n) is 5.10. The van der Waals surface area contributed by atoms with Gasteiger partial charge < -0.3 is 15.8 Å². The number of hydrogen-bond acceptors (Lipinski definition) is 2. The molecule has 96 valence electrons. The number of hydrogen-bond donors (Lipinski definition) is 2. The molecule has 4 nitrogen and oxygen atoms in total. The standard InChI is InChI=1S/C14H18N2O2/c15-14(17)16-6-4-9-8-12(9)10-2-1-3-13-11(10)5-7-18-13/h1-3,9,12H,4-8H2,(H3,15,16,17)/t9-,12-/m1/s1. The van der Waals surface area contributed by atoms with E-state index in [1.807, 2.05) is 0 Å². The Kier molecular flexibility index (Phi) is 2.86. The predicted molar refractivity (Wildman–Crippen MR) is 68.7 cm³/mol. The molecule has 2 amide bonds. The van der Waals surface area contributed by atoms with Gasteiger partial charge in [0.25, 0.3) is 0 Å². The van der Waals surface area contributed by atoms with Crippen LogP contribution >= 0.6 is 0 Å². The maximum atomic E-state index is 10.6. The fraction of sp³-hybridized carbons (Fsp3) is 0.500. The van der Waals surface area contributed by atoms with E-state index in [-0.39, 0.29) is 0 Å². The molecule has 1 aliphatic heterocycles. The van der Waals surface area contributed by atoms with Crippen LogP contribution in [-0.4, -0.2) is 19.2 Å². The summed E-state index contributed by atoms with van der Waals surface area (Å²) < 4.78 is 5.59. The minimum absolute atomic E-state index is 0.429. The van der Waals surface area contributed by atoms with Crippen LogP contribution in [0.4, 0.5) is 4.79 Å². The topological polar surface area (TPSA) is 64.4 Å². The van der Waals surface area contributed by atoms with Gasteiger partial charge in [-0.15, -0.1) is 0 Å². The minimum Gasteiger partial charge on any atom is -0.493 e. The first-order chi connectivity index (χ1) is 8.75. The first kappa shape index (κ1) is 11.4. The normalized spacial score (nSPS) is 24.2. The van der Waals surface area contributed by atoms with Gasteiger partial charge in [-0.05, 0) is 36.3 Å². The van der Waals surface area contributed by atoms with Crippen molar-refractivity contribution in [1.82, 2.24) is 5.32 Å². The van der Waals surface area contributed by atoms with Crippen molar-refractivity contribution in [3.63, 3.8) is 0 Å². The van der Waals surface area contributed by atoms with Gasteiger partial charge in [0.2, 0.25) is 0 Å². The number of benzene rings is 1. The van der Waals surface area contributed by atoms with Gasteiger partial charge >= 0.3 is 6.03 Å². The zero-order valence-corrected chi connectivity index (χ0v) is 10.3. The molecule has 18 heavy (non-hydrogen) atoms. The summed E-state index contributed by atoms with van der Waals surface area (Å²) in [5.41, 5.74) is 7.90. The number of nitrogens with two attached hydrogens (primary N) is 1. The molecule has 1 saturated carbocycles. The number of amides is 2. The Morgan fingerprint density at radius 3 is 3.22 bits per heavy atom. The lowest BCUT2D eigenvalue weighted by Crippen LogP contribution is -2.30. The van der Waals surface area contributed by atoms with Crippen LogP contribution < -0.4 is 15.8 Å². The number of urea groups is 1. The molecule has 0 aromatic heterocycles. The lowest BCUT2D eigenvalue weighted by molar-refractivity contribution is 0.248. The molecule has 0 bridgehead atoms. The van der Waals surface area contributed by atoms with Crippen LogP contribution in [0.25, 0.3) is 0 Å². The summed E-state index contributed by atoms with van der Waals surface area (Å²) in [6.07, 6.45) is 3.27. The third kappa shape index (κ3) is 2.15. The molecule has 0 radical (unpaired) electrons. The number of nitrogens with one attached hydrogen (secondary N) is 1. The van der Waals surface area contributed by atoms with E-state index in [9.17, 15) is 4.79 Å². The fourth-order valence-corrected chi connectivity index (χ4v) is 2.92. The third-order valence-corrected chi connectivity index (χ3v) is 3.92. The van der Waals surface area contributed by atoms with Crippen molar-refractivity contribution in [2.24, 2.45) is 11.7 Å². The van der Waals surface area contributed by atoms with E-state index in [4.69, 9.17) is 10.5 Å². The van der Waals surface area contributed by atoms with Crippen molar-refractivity contribution in [1.29, 1.82) is 0 Å². The zero-order chi connectivity index (χ0) is 12.5. The molecule has 3 N–H and O–H groups in total. The van der Waals surface area contributed by atoms with E-state index in [1.165, 1.54) is 17.5 Å². The summed E-state index contributed by atoms with van der Waals surface area (Å²) in [6.45, 7) is 1.50. The number of fused-ring (bicyclic) bond motifs is 1. The monoisotopic (exact) mass is 246 g/mol. The summed E-state index contributed by atoms with van der Waals surface area (Å²) in [7, 11) is 0. The van der Waals surface area contributed by atoms with Crippen molar-refractivity contribution >= 4 is 6.03 Å². The quantitative estimate of drug-likeness (QED) is 0.850. The Morgan fingerprint density at radius 1 is 1.50 bits per heavy atom. The largest absolute Gasteiger partial charge is 0.493 e. The van der Waals surface area contributed by atoms with Crippen LogP contribution in [0.3, 0.4) is 0 Å². The summed E-state index contributed by atoms with van der Waals surface area (Å²) in [5.74, 6) is 2.40. The number of rotatable bonds is 4. The number of ether oxygens (including phenoxy) is 1. The Hall–Kier alpha value is -1.71. The summed E-state index contributed by atoms with van der Waals surface area (Å²) in [4.78, 5) is 10.6. The molecule has 1 fully saturated rings. The first-order valence-corrected chi connectivity index (χ1v) is 6.53. The SMILES string of the molecule is NC(=O)NCC[C@@H]1C[C@H]1c1cccc2c1CCO2. The molecule has 0 unspecified atom stereocenters. The summed E-state index contributed by atoms with van der Waals surface area (Å²) in [6, 6.07) is 5.93. The second-order valence-corrected chi connectivity index (χ2v) is 5.10. The van der Waals surface area contributed by atoms with Crippen LogP contribution in [0.1, 0.15) is 29.9 Å². The third-order valence-electron chi connectivity index (χ3n) is 3.92. The van der Waals surface area contributed by atoms with Gasteiger partial charge in [0.05, 0.1) is 6.61 Å². The van der Waals surface area contributed by atoms with Crippen molar-refractivity contribution in [2.45, 2.75) is 25.2 Å². The summed E-state index contributed by atoms with van der Waals surface area (Å²) >= 11 is 0. The highest BCUT2D eigenvalue weighted by Crippen LogP contribution is 2.52. The molecule has 1 heterocycles. The van der Waals surface area contributed by atoms with Gasteiger partial charge in [0, 0.05) is 18.5 Å².